The second-order valence-electron chi connectivity index (χ2n) is 4.37. The molecule has 0 unspecified atom stereocenters. The van der Waals surface area contributed by atoms with Crippen molar-refractivity contribution < 1.29 is 9.47 Å². The number of hydrogen-bond donors (Lipinski definition) is 0. The highest BCUT2D eigenvalue weighted by atomic mass is 16.5. The van der Waals surface area contributed by atoms with Crippen LogP contribution in [0, 0.1) is 38.5 Å². The zero-order chi connectivity index (χ0) is 16.5. The van der Waals surface area contributed by atoms with Gasteiger partial charge in [0, 0.05) is 35.7 Å². The Morgan fingerprint density at radius 3 is 1.41 bits per heavy atom. The van der Waals surface area contributed by atoms with Crippen molar-refractivity contribution in [2.75, 3.05) is 14.2 Å². The molecule has 0 radical (unpaired) electrons. The lowest BCUT2D eigenvalue weighted by molar-refractivity contribution is 0.397. The van der Waals surface area contributed by atoms with E-state index in [1.54, 1.807) is 26.6 Å². The SMILES string of the molecule is C#Cc1cnc(OC)cc1C.C#Cc1cnc(OC)cc1C. The summed E-state index contributed by atoms with van der Waals surface area (Å²) >= 11 is 0. The number of hydrogen-bond acceptors (Lipinski definition) is 4. The molecule has 0 saturated heterocycles. The van der Waals surface area contributed by atoms with E-state index in [0.29, 0.717) is 11.8 Å². The lowest BCUT2D eigenvalue weighted by Gasteiger charge is -2.00. The minimum atomic E-state index is 0.599. The molecule has 2 aromatic heterocycles. The molecule has 2 heterocycles. The van der Waals surface area contributed by atoms with E-state index < -0.39 is 0 Å². The largest absolute Gasteiger partial charge is 0.481 e. The van der Waals surface area contributed by atoms with Gasteiger partial charge in [0.25, 0.3) is 0 Å². The third-order valence-electron chi connectivity index (χ3n) is 2.90. The van der Waals surface area contributed by atoms with Crippen molar-refractivity contribution >= 4 is 0 Å². The molecule has 22 heavy (non-hydrogen) atoms. The molecular weight excluding hydrogens is 276 g/mol. The highest BCUT2D eigenvalue weighted by Gasteiger charge is 1.97. The fourth-order valence-corrected chi connectivity index (χ4v) is 1.59. The predicted molar refractivity (Wildman–Crippen MR) is 86.9 cm³/mol. The Kier molecular flexibility index (Phi) is 6.47. The van der Waals surface area contributed by atoms with Crippen LogP contribution < -0.4 is 9.47 Å². The molecular formula is C18H18N2O2. The summed E-state index contributed by atoms with van der Waals surface area (Å²) in [5.41, 5.74) is 3.65. The molecule has 0 N–H and O–H groups in total. The molecule has 0 aliphatic rings. The number of nitrogens with zero attached hydrogens (tertiary/aromatic N) is 2. The molecule has 0 spiro atoms. The van der Waals surface area contributed by atoms with Crippen molar-refractivity contribution in [2.45, 2.75) is 13.8 Å². The Bertz CT molecular complexity index is 661. The second-order valence-corrected chi connectivity index (χ2v) is 4.37. The van der Waals surface area contributed by atoms with Gasteiger partial charge in [-0.05, 0) is 25.0 Å². The van der Waals surface area contributed by atoms with Gasteiger partial charge < -0.3 is 9.47 Å². The van der Waals surface area contributed by atoms with Crippen molar-refractivity contribution in [3.63, 3.8) is 0 Å². The first-order chi connectivity index (χ1) is 10.5. The van der Waals surface area contributed by atoms with E-state index in [-0.39, 0.29) is 0 Å². The maximum atomic E-state index is 5.21. The van der Waals surface area contributed by atoms with Gasteiger partial charge in [0.2, 0.25) is 11.8 Å². The van der Waals surface area contributed by atoms with E-state index >= 15 is 0 Å². The van der Waals surface area contributed by atoms with Gasteiger partial charge in [0.1, 0.15) is 0 Å². The summed E-state index contributed by atoms with van der Waals surface area (Å²) in [5, 5.41) is 0. The van der Waals surface area contributed by atoms with Crippen molar-refractivity contribution in [1.29, 1.82) is 0 Å². The van der Waals surface area contributed by atoms with Crippen LogP contribution >= 0.6 is 0 Å². The van der Waals surface area contributed by atoms with Gasteiger partial charge >= 0.3 is 0 Å². The minimum Gasteiger partial charge on any atom is -0.481 e. The van der Waals surface area contributed by atoms with Gasteiger partial charge in [0.15, 0.2) is 0 Å². The monoisotopic (exact) mass is 294 g/mol. The Labute approximate surface area is 131 Å². The maximum absolute atomic E-state index is 5.21. The third-order valence-corrected chi connectivity index (χ3v) is 2.90. The number of rotatable bonds is 2. The van der Waals surface area contributed by atoms with Crippen LogP contribution in [0.5, 0.6) is 11.8 Å². The van der Waals surface area contributed by atoms with Crippen LogP contribution in [-0.4, -0.2) is 24.2 Å². The van der Waals surface area contributed by atoms with E-state index in [4.69, 9.17) is 22.3 Å². The zero-order valence-electron chi connectivity index (χ0n) is 13.2. The quantitative estimate of drug-likeness (QED) is 0.799. The molecule has 0 atom stereocenters. The number of methoxy groups -OCH3 is 2. The Morgan fingerprint density at radius 2 is 1.18 bits per heavy atom. The Hall–Kier alpha value is -2.98. The van der Waals surface area contributed by atoms with Crippen LogP contribution in [-0.2, 0) is 0 Å². The number of ether oxygens (including phenoxy) is 2. The van der Waals surface area contributed by atoms with Gasteiger partial charge in [-0.25, -0.2) is 9.97 Å². The molecule has 112 valence electrons. The molecule has 0 amide bonds. The van der Waals surface area contributed by atoms with Crippen molar-refractivity contribution in [2.24, 2.45) is 0 Å². The molecule has 0 fully saturated rings. The molecule has 0 aromatic carbocycles. The fourth-order valence-electron chi connectivity index (χ4n) is 1.59. The van der Waals surface area contributed by atoms with Gasteiger partial charge in [-0.15, -0.1) is 12.8 Å². The Morgan fingerprint density at radius 1 is 0.818 bits per heavy atom. The van der Waals surface area contributed by atoms with E-state index in [1.807, 2.05) is 26.0 Å². The average Bonchev–Trinajstić information content (AvgIpc) is 2.55. The van der Waals surface area contributed by atoms with Crippen molar-refractivity contribution in [3.05, 3.63) is 46.8 Å². The van der Waals surface area contributed by atoms with E-state index in [1.165, 1.54) is 0 Å². The summed E-state index contributed by atoms with van der Waals surface area (Å²) in [5.74, 6) is 6.25. The third kappa shape index (κ3) is 4.54. The highest BCUT2D eigenvalue weighted by molar-refractivity contribution is 5.39. The van der Waals surface area contributed by atoms with Crippen LogP contribution in [0.2, 0.25) is 0 Å². The van der Waals surface area contributed by atoms with Crippen LogP contribution in [0.15, 0.2) is 24.5 Å². The summed E-state index contributed by atoms with van der Waals surface area (Å²) in [6, 6.07) is 3.63. The van der Waals surface area contributed by atoms with Gasteiger partial charge in [-0.2, -0.15) is 0 Å². The number of aryl methyl sites for hydroxylation is 2. The minimum absolute atomic E-state index is 0.599. The standard InChI is InChI=1S/2C9H9NO/c2*1-4-8-6-10-9(11-3)5-7(8)2/h2*1,5-6H,2-3H3. The number of terminal acetylenes is 2. The maximum Gasteiger partial charge on any atom is 0.213 e. The van der Waals surface area contributed by atoms with Crippen molar-refractivity contribution in [3.8, 4) is 36.4 Å². The summed E-state index contributed by atoms with van der Waals surface area (Å²) in [4.78, 5) is 7.93. The van der Waals surface area contributed by atoms with Gasteiger partial charge in [-0.1, -0.05) is 11.8 Å². The molecule has 0 aliphatic heterocycles. The van der Waals surface area contributed by atoms with E-state index in [2.05, 4.69) is 21.8 Å². The Balaban J connectivity index is 0.000000220. The summed E-state index contributed by atoms with van der Waals surface area (Å²) in [7, 11) is 3.16. The molecule has 2 rings (SSSR count). The fraction of sp³-hybridized carbons (Fsp3) is 0.222. The molecule has 2 aromatic rings. The normalized spacial score (nSPS) is 8.82. The number of pyridine rings is 2. The first-order valence-electron chi connectivity index (χ1n) is 6.50. The molecule has 0 saturated carbocycles. The lowest BCUT2D eigenvalue weighted by Crippen LogP contribution is -1.90. The number of aromatic nitrogens is 2. The van der Waals surface area contributed by atoms with Crippen LogP contribution in [0.3, 0.4) is 0 Å². The van der Waals surface area contributed by atoms with E-state index in [0.717, 1.165) is 22.3 Å². The molecule has 0 aliphatic carbocycles. The lowest BCUT2D eigenvalue weighted by atomic mass is 10.2. The summed E-state index contributed by atoms with van der Waals surface area (Å²) in [6.45, 7) is 3.86. The van der Waals surface area contributed by atoms with E-state index in [9.17, 15) is 0 Å². The second kappa shape index (κ2) is 8.34. The first-order valence-corrected chi connectivity index (χ1v) is 6.50. The van der Waals surface area contributed by atoms with Crippen LogP contribution in [0.25, 0.3) is 0 Å². The summed E-state index contributed by atoms with van der Waals surface area (Å²) < 4.78 is 9.83. The van der Waals surface area contributed by atoms with Crippen LogP contribution in [0.1, 0.15) is 22.3 Å². The van der Waals surface area contributed by atoms with Crippen molar-refractivity contribution in [1.82, 2.24) is 9.97 Å². The smallest absolute Gasteiger partial charge is 0.213 e. The van der Waals surface area contributed by atoms with Gasteiger partial charge in [-0.3, -0.25) is 0 Å². The molecule has 4 nitrogen and oxygen atoms in total. The molecule has 0 bridgehead atoms. The van der Waals surface area contributed by atoms with Crippen LogP contribution in [0.4, 0.5) is 0 Å². The summed E-state index contributed by atoms with van der Waals surface area (Å²) in [6.07, 6.45) is 13.7. The highest BCUT2D eigenvalue weighted by Crippen LogP contribution is 2.12. The average molecular weight is 294 g/mol. The first kappa shape index (κ1) is 17.1. The topological polar surface area (TPSA) is 44.2 Å². The van der Waals surface area contributed by atoms with Gasteiger partial charge in [0.05, 0.1) is 14.2 Å². The zero-order valence-corrected chi connectivity index (χ0v) is 13.2. The molecule has 4 heteroatoms. The predicted octanol–water partition coefficient (Wildman–Crippen LogP) is 2.76.